The Balaban J connectivity index is 2.17. The van der Waals surface area contributed by atoms with Crippen molar-refractivity contribution in [3.8, 4) is 6.07 Å². The highest BCUT2D eigenvalue weighted by Gasteiger charge is 2.49. The van der Waals surface area contributed by atoms with Crippen LogP contribution in [0.15, 0.2) is 0 Å². The fourth-order valence-electron chi connectivity index (χ4n) is 2.59. The van der Waals surface area contributed by atoms with E-state index < -0.39 is 0 Å². The van der Waals surface area contributed by atoms with Crippen molar-refractivity contribution in [1.82, 2.24) is 5.32 Å². The molecule has 2 heteroatoms. The molecule has 0 radical (unpaired) electrons. The van der Waals surface area contributed by atoms with E-state index in [0.717, 1.165) is 6.42 Å². The highest BCUT2D eigenvalue weighted by Crippen LogP contribution is 2.45. The van der Waals surface area contributed by atoms with E-state index in [1.165, 1.54) is 32.1 Å². The number of rotatable bonds is 2. The second kappa shape index (κ2) is 3.24. The van der Waals surface area contributed by atoms with Crippen molar-refractivity contribution >= 4 is 0 Å². The zero-order valence-electron chi connectivity index (χ0n) is 9.27. The standard InChI is InChI=1S/C12H20N2/c1-11(2)7-3-4-8-12(11,9-13)14-10-5-6-10/h10,14H,3-8H2,1-2H3. The molecule has 0 aromatic heterocycles. The first-order chi connectivity index (χ1) is 6.60. The maximum atomic E-state index is 9.44. The molecule has 14 heavy (non-hydrogen) atoms. The zero-order valence-corrected chi connectivity index (χ0v) is 9.27. The summed E-state index contributed by atoms with van der Waals surface area (Å²) in [6.45, 7) is 4.48. The summed E-state index contributed by atoms with van der Waals surface area (Å²) in [4.78, 5) is 0. The van der Waals surface area contributed by atoms with Gasteiger partial charge in [0.15, 0.2) is 0 Å². The van der Waals surface area contributed by atoms with E-state index in [1.54, 1.807) is 0 Å². The molecule has 0 amide bonds. The average molecular weight is 192 g/mol. The fraction of sp³-hybridized carbons (Fsp3) is 0.917. The smallest absolute Gasteiger partial charge is 0.112 e. The predicted octanol–water partition coefficient (Wildman–Crippen LogP) is 2.60. The van der Waals surface area contributed by atoms with Gasteiger partial charge in [0.25, 0.3) is 0 Å². The van der Waals surface area contributed by atoms with Crippen LogP contribution in [0.5, 0.6) is 0 Å². The third-order valence-corrected chi connectivity index (χ3v) is 3.98. The maximum absolute atomic E-state index is 9.44. The van der Waals surface area contributed by atoms with Crippen LogP contribution >= 0.6 is 0 Å². The van der Waals surface area contributed by atoms with Crippen molar-refractivity contribution < 1.29 is 0 Å². The van der Waals surface area contributed by atoms with E-state index in [2.05, 4.69) is 25.2 Å². The molecule has 2 nitrogen and oxygen atoms in total. The van der Waals surface area contributed by atoms with Crippen LogP contribution in [0.3, 0.4) is 0 Å². The summed E-state index contributed by atoms with van der Waals surface area (Å²) in [5.41, 5.74) is -0.102. The molecule has 0 aliphatic heterocycles. The van der Waals surface area contributed by atoms with E-state index in [4.69, 9.17) is 0 Å². The quantitative estimate of drug-likeness (QED) is 0.730. The highest BCUT2D eigenvalue weighted by atomic mass is 15.1. The number of hydrogen-bond acceptors (Lipinski definition) is 2. The van der Waals surface area contributed by atoms with E-state index in [-0.39, 0.29) is 11.0 Å². The van der Waals surface area contributed by atoms with Crippen LogP contribution in [0, 0.1) is 16.7 Å². The van der Waals surface area contributed by atoms with Crippen LogP contribution in [-0.4, -0.2) is 11.6 Å². The monoisotopic (exact) mass is 192 g/mol. The van der Waals surface area contributed by atoms with Crippen molar-refractivity contribution in [2.45, 2.75) is 64.0 Å². The van der Waals surface area contributed by atoms with E-state index in [1.807, 2.05) is 0 Å². The SMILES string of the molecule is CC1(C)CCCCC1(C#N)NC1CC1. The molecular formula is C12H20N2. The summed E-state index contributed by atoms with van der Waals surface area (Å²) in [7, 11) is 0. The van der Waals surface area contributed by atoms with Crippen molar-refractivity contribution in [2.75, 3.05) is 0 Å². The lowest BCUT2D eigenvalue weighted by molar-refractivity contribution is 0.108. The van der Waals surface area contributed by atoms with Crippen molar-refractivity contribution in [3.63, 3.8) is 0 Å². The lowest BCUT2D eigenvalue weighted by Crippen LogP contribution is -2.57. The van der Waals surface area contributed by atoms with Gasteiger partial charge in [-0.15, -0.1) is 0 Å². The molecule has 0 aromatic carbocycles. The zero-order chi connectivity index (χ0) is 10.2. The first kappa shape index (κ1) is 9.98. The number of nitrogens with one attached hydrogen (secondary N) is 1. The average Bonchev–Trinajstić information content (AvgIpc) is 2.92. The van der Waals surface area contributed by atoms with Gasteiger partial charge < -0.3 is 0 Å². The summed E-state index contributed by atoms with van der Waals surface area (Å²) in [5.74, 6) is 0. The Bertz CT molecular complexity index is 260. The molecule has 0 aromatic rings. The largest absolute Gasteiger partial charge is 0.296 e. The van der Waals surface area contributed by atoms with Gasteiger partial charge in [0.2, 0.25) is 0 Å². The van der Waals surface area contributed by atoms with Crippen LogP contribution in [0.25, 0.3) is 0 Å². The molecule has 78 valence electrons. The van der Waals surface area contributed by atoms with Crippen LogP contribution in [-0.2, 0) is 0 Å². The Kier molecular flexibility index (Phi) is 2.31. The molecule has 2 fully saturated rings. The number of hydrogen-bond donors (Lipinski definition) is 1. The first-order valence-corrected chi connectivity index (χ1v) is 5.79. The Morgan fingerprint density at radius 1 is 1.21 bits per heavy atom. The van der Waals surface area contributed by atoms with Crippen LogP contribution in [0.1, 0.15) is 52.4 Å². The van der Waals surface area contributed by atoms with Crippen molar-refractivity contribution in [2.24, 2.45) is 5.41 Å². The van der Waals surface area contributed by atoms with E-state index in [9.17, 15) is 5.26 Å². The molecule has 0 saturated heterocycles. The molecule has 2 aliphatic carbocycles. The third-order valence-electron chi connectivity index (χ3n) is 3.98. The van der Waals surface area contributed by atoms with Gasteiger partial charge in [-0.2, -0.15) is 5.26 Å². The van der Waals surface area contributed by atoms with Gasteiger partial charge in [-0.3, -0.25) is 5.32 Å². The minimum Gasteiger partial charge on any atom is -0.296 e. The fourth-order valence-corrected chi connectivity index (χ4v) is 2.59. The highest BCUT2D eigenvalue weighted by molar-refractivity contribution is 5.18. The Hall–Kier alpha value is -0.550. The molecular weight excluding hydrogens is 172 g/mol. The Morgan fingerprint density at radius 2 is 1.86 bits per heavy atom. The van der Waals surface area contributed by atoms with Crippen molar-refractivity contribution in [3.05, 3.63) is 0 Å². The summed E-state index contributed by atoms with van der Waals surface area (Å²) in [6.07, 6.45) is 7.23. The second-order valence-corrected chi connectivity index (χ2v) is 5.53. The van der Waals surface area contributed by atoms with E-state index >= 15 is 0 Å². The van der Waals surface area contributed by atoms with Crippen LogP contribution in [0.4, 0.5) is 0 Å². The Labute approximate surface area is 86.7 Å². The maximum Gasteiger partial charge on any atom is 0.112 e. The summed E-state index contributed by atoms with van der Waals surface area (Å²) in [5, 5.41) is 13.0. The molecule has 2 rings (SSSR count). The normalized spacial score (nSPS) is 36.4. The third kappa shape index (κ3) is 1.54. The van der Waals surface area contributed by atoms with E-state index in [0.29, 0.717) is 6.04 Å². The molecule has 2 saturated carbocycles. The number of nitriles is 1. The minimum absolute atomic E-state index is 0.141. The van der Waals surface area contributed by atoms with Crippen LogP contribution in [0.2, 0.25) is 0 Å². The predicted molar refractivity (Wildman–Crippen MR) is 56.8 cm³/mol. The molecule has 0 spiro atoms. The van der Waals surface area contributed by atoms with Gasteiger partial charge in [0, 0.05) is 6.04 Å². The lowest BCUT2D eigenvalue weighted by Gasteiger charge is -2.46. The molecule has 2 aliphatic rings. The van der Waals surface area contributed by atoms with Gasteiger partial charge in [0.1, 0.15) is 5.54 Å². The molecule has 1 unspecified atom stereocenters. The molecule has 0 heterocycles. The second-order valence-electron chi connectivity index (χ2n) is 5.53. The molecule has 0 bridgehead atoms. The molecule has 1 N–H and O–H groups in total. The van der Waals surface area contributed by atoms with Crippen molar-refractivity contribution in [1.29, 1.82) is 5.26 Å². The van der Waals surface area contributed by atoms with Gasteiger partial charge >= 0.3 is 0 Å². The molecule has 1 atom stereocenters. The van der Waals surface area contributed by atoms with Gasteiger partial charge in [0.05, 0.1) is 6.07 Å². The van der Waals surface area contributed by atoms with Gasteiger partial charge in [-0.05, 0) is 31.1 Å². The van der Waals surface area contributed by atoms with Gasteiger partial charge in [-0.1, -0.05) is 26.7 Å². The van der Waals surface area contributed by atoms with Gasteiger partial charge in [-0.25, -0.2) is 0 Å². The topological polar surface area (TPSA) is 35.8 Å². The Morgan fingerprint density at radius 3 is 2.36 bits per heavy atom. The summed E-state index contributed by atoms with van der Waals surface area (Å²) in [6, 6.07) is 3.20. The summed E-state index contributed by atoms with van der Waals surface area (Å²) < 4.78 is 0. The minimum atomic E-state index is -0.244. The summed E-state index contributed by atoms with van der Waals surface area (Å²) >= 11 is 0. The first-order valence-electron chi connectivity index (χ1n) is 5.79. The lowest BCUT2D eigenvalue weighted by atomic mass is 9.64. The van der Waals surface area contributed by atoms with Crippen LogP contribution < -0.4 is 5.32 Å². The number of nitrogens with zero attached hydrogens (tertiary/aromatic N) is 1.